The topological polar surface area (TPSA) is 57.4 Å². The van der Waals surface area contributed by atoms with Crippen molar-refractivity contribution in [3.63, 3.8) is 0 Å². The number of benzene rings is 2. The largest absolute Gasteiger partial charge is 0.493 e. The zero-order valence-corrected chi connectivity index (χ0v) is 12.7. The standard InChI is InChI=1S/C18H18N2O2/c1-21-17-8-12(10-19)7-15(18(17)22-2)14-9-13-5-3-4-6-16(13)20-11-14/h3-9,11H,10,19H2,1-2H3. The molecule has 0 amide bonds. The lowest BCUT2D eigenvalue weighted by atomic mass is 10.0. The van der Waals surface area contributed by atoms with Gasteiger partial charge in [-0.2, -0.15) is 0 Å². The number of ether oxygens (including phenoxy) is 2. The summed E-state index contributed by atoms with van der Waals surface area (Å²) in [5.41, 5.74) is 9.65. The number of aromatic nitrogens is 1. The first-order chi connectivity index (χ1) is 10.8. The molecule has 0 unspecified atom stereocenters. The highest BCUT2D eigenvalue weighted by Gasteiger charge is 2.14. The van der Waals surface area contributed by atoms with Gasteiger partial charge in [-0.15, -0.1) is 0 Å². The lowest BCUT2D eigenvalue weighted by Gasteiger charge is -2.15. The van der Waals surface area contributed by atoms with Gasteiger partial charge in [-0.3, -0.25) is 4.98 Å². The number of methoxy groups -OCH3 is 2. The van der Waals surface area contributed by atoms with Gasteiger partial charge in [0.25, 0.3) is 0 Å². The van der Waals surface area contributed by atoms with Crippen molar-refractivity contribution in [2.24, 2.45) is 5.73 Å². The smallest absolute Gasteiger partial charge is 0.168 e. The summed E-state index contributed by atoms with van der Waals surface area (Å²) >= 11 is 0. The zero-order chi connectivity index (χ0) is 15.5. The minimum absolute atomic E-state index is 0.439. The Morgan fingerprint density at radius 3 is 2.59 bits per heavy atom. The normalized spacial score (nSPS) is 10.7. The van der Waals surface area contributed by atoms with Crippen LogP contribution in [0.3, 0.4) is 0 Å². The van der Waals surface area contributed by atoms with E-state index in [4.69, 9.17) is 15.2 Å². The van der Waals surface area contributed by atoms with E-state index in [-0.39, 0.29) is 0 Å². The van der Waals surface area contributed by atoms with Crippen molar-refractivity contribution in [2.45, 2.75) is 6.54 Å². The van der Waals surface area contributed by atoms with Gasteiger partial charge in [-0.05, 0) is 29.8 Å². The van der Waals surface area contributed by atoms with Crippen molar-refractivity contribution in [3.05, 3.63) is 54.2 Å². The van der Waals surface area contributed by atoms with Crippen LogP contribution in [0.2, 0.25) is 0 Å². The van der Waals surface area contributed by atoms with Crippen LogP contribution in [0.4, 0.5) is 0 Å². The zero-order valence-electron chi connectivity index (χ0n) is 12.7. The first-order valence-electron chi connectivity index (χ1n) is 7.07. The number of hydrogen-bond acceptors (Lipinski definition) is 4. The van der Waals surface area contributed by atoms with E-state index >= 15 is 0 Å². The second kappa shape index (κ2) is 6.03. The van der Waals surface area contributed by atoms with Crippen LogP contribution in [0.15, 0.2) is 48.7 Å². The predicted molar refractivity (Wildman–Crippen MR) is 88.2 cm³/mol. The van der Waals surface area contributed by atoms with Crippen LogP contribution in [0.25, 0.3) is 22.0 Å². The molecule has 2 N–H and O–H groups in total. The SMILES string of the molecule is COc1cc(CN)cc(-c2cnc3ccccc3c2)c1OC. The summed E-state index contributed by atoms with van der Waals surface area (Å²) in [6, 6.07) is 14.0. The summed E-state index contributed by atoms with van der Waals surface area (Å²) in [6.45, 7) is 0.439. The van der Waals surface area contributed by atoms with Crippen LogP contribution < -0.4 is 15.2 Å². The number of para-hydroxylation sites is 1. The molecule has 22 heavy (non-hydrogen) atoms. The number of nitrogens with two attached hydrogens (primary N) is 1. The van der Waals surface area contributed by atoms with E-state index < -0.39 is 0 Å². The highest BCUT2D eigenvalue weighted by atomic mass is 16.5. The molecular formula is C18H18N2O2. The molecule has 0 aliphatic carbocycles. The van der Waals surface area contributed by atoms with Crippen molar-refractivity contribution in [3.8, 4) is 22.6 Å². The van der Waals surface area contributed by atoms with Gasteiger partial charge < -0.3 is 15.2 Å². The lowest BCUT2D eigenvalue weighted by molar-refractivity contribution is 0.355. The van der Waals surface area contributed by atoms with Crippen LogP contribution in [-0.4, -0.2) is 19.2 Å². The fourth-order valence-electron chi connectivity index (χ4n) is 2.57. The van der Waals surface area contributed by atoms with E-state index in [9.17, 15) is 0 Å². The Hall–Kier alpha value is -2.59. The van der Waals surface area contributed by atoms with E-state index in [0.29, 0.717) is 18.0 Å². The Kier molecular flexibility index (Phi) is 3.94. The summed E-state index contributed by atoms with van der Waals surface area (Å²) in [6.07, 6.45) is 1.85. The summed E-state index contributed by atoms with van der Waals surface area (Å²) in [4.78, 5) is 4.52. The van der Waals surface area contributed by atoms with E-state index in [1.807, 2.05) is 42.6 Å². The van der Waals surface area contributed by atoms with Gasteiger partial charge >= 0.3 is 0 Å². The molecule has 112 valence electrons. The molecule has 1 heterocycles. The molecule has 4 heteroatoms. The number of rotatable bonds is 4. The number of nitrogens with zero attached hydrogens (tertiary/aromatic N) is 1. The third kappa shape index (κ3) is 2.49. The molecule has 0 fully saturated rings. The molecule has 0 aliphatic heterocycles. The molecule has 3 rings (SSSR count). The van der Waals surface area contributed by atoms with Gasteiger partial charge in [0.1, 0.15) is 0 Å². The number of fused-ring (bicyclic) bond motifs is 1. The average molecular weight is 294 g/mol. The van der Waals surface area contributed by atoms with E-state index in [1.54, 1.807) is 14.2 Å². The van der Waals surface area contributed by atoms with Crippen LogP contribution in [-0.2, 0) is 6.54 Å². The van der Waals surface area contributed by atoms with E-state index in [2.05, 4.69) is 11.1 Å². The maximum absolute atomic E-state index is 5.79. The van der Waals surface area contributed by atoms with Crippen molar-refractivity contribution < 1.29 is 9.47 Å². The molecule has 0 saturated carbocycles. The van der Waals surface area contributed by atoms with Crippen molar-refractivity contribution in [1.82, 2.24) is 4.98 Å². The molecule has 0 bridgehead atoms. The van der Waals surface area contributed by atoms with E-state index in [1.165, 1.54) is 0 Å². The molecule has 0 aliphatic rings. The lowest BCUT2D eigenvalue weighted by Crippen LogP contribution is -2.00. The Labute approximate surface area is 129 Å². The minimum Gasteiger partial charge on any atom is -0.493 e. The molecule has 0 saturated heterocycles. The van der Waals surface area contributed by atoms with E-state index in [0.717, 1.165) is 27.6 Å². The Bertz CT molecular complexity index is 815. The van der Waals surface area contributed by atoms with Crippen LogP contribution in [0.1, 0.15) is 5.56 Å². The van der Waals surface area contributed by atoms with Crippen LogP contribution in [0.5, 0.6) is 11.5 Å². The van der Waals surface area contributed by atoms with Gasteiger partial charge in [0.05, 0.1) is 19.7 Å². The summed E-state index contributed by atoms with van der Waals surface area (Å²) < 4.78 is 11.0. The average Bonchev–Trinajstić information content (AvgIpc) is 2.59. The Morgan fingerprint density at radius 2 is 1.86 bits per heavy atom. The third-order valence-corrected chi connectivity index (χ3v) is 3.68. The molecule has 0 radical (unpaired) electrons. The maximum Gasteiger partial charge on any atom is 0.168 e. The molecular weight excluding hydrogens is 276 g/mol. The molecule has 0 spiro atoms. The summed E-state index contributed by atoms with van der Waals surface area (Å²) in [5.74, 6) is 1.37. The van der Waals surface area contributed by atoms with Crippen molar-refractivity contribution in [2.75, 3.05) is 14.2 Å². The fraction of sp³-hybridized carbons (Fsp3) is 0.167. The fourth-order valence-corrected chi connectivity index (χ4v) is 2.57. The first-order valence-corrected chi connectivity index (χ1v) is 7.07. The maximum atomic E-state index is 5.79. The Morgan fingerprint density at radius 1 is 1.05 bits per heavy atom. The van der Waals surface area contributed by atoms with Gasteiger partial charge in [-0.25, -0.2) is 0 Å². The number of pyridine rings is 1. The molecule has 4 nitrogen and oxygen atoms in total. The van der Waals surface area contributed by atoms with Gasteiger partial charge in [0, 0.05) is 29.3 Å². The highest BCUT2D eigenvalue weighted by Crippen LogP contribution is 2.39. The van der Waals surface area contributed by atoms with Crippen LogP contribution >= 0.6 is 0 Å². The van der Waals surface area contributed by atoms with Crippen molar-refractivity contribution >= 4 is 10.9 Å². The molecule has 1 aromatic heterocycles. The van der Waals surface area contributed by atoms with Gasteiger partial charge in [-0.1, -0.05) is 18.2 Å². The quantitative estimate of drug-likeness (QED) is 0.801. The molecule has 3 aromatic rings. The first kappa shape index (κ1) is 14.4. The third-order valence-electron chi connectivity index (χ3n) is 3.68. The number of hydrogen-bond donors (Lipinski definition) is 1. The highest BCUT2D eigenvalue weighted by molar-refractivity contribution is 5.85. The predicted octanol–water partition coefficient (Wildman–Crippen LogP) is 3.38. The summed E-state index contributed by atoms with van der Waals surface area (Å²) in [7, 11) is 3.26. The second-order valence-electron chi connectivity index (χ2n) is 5.00. The molecule has 0 atom stereocenters. The van der Waals surface area contributed by atoms with Gasteiger partial charge in [0.15, 0.2) is 11.5 Å². The second-order valence-corrected chi connectivity index (χ2v) is 5.00. The monoisotopic (exact) mass is 294 g/mol. The van der Waals surface area contributed by atoms with Crippen molar-refractivity contribution in [1.29, 1.82) is 0 Å². The summed E-state index contributed by atoms with van der Waals surface area (Å²) in [5, 5.41) is 1.08. The minimum atomic E-state index is 0.439. The van der Waals surface area contributed by atoms with Gasteiger partial charge in [0.2, 0.25) is 0 Å². The van der Waals surface area contributed by atoms with Crippen LogP contribution in [0, 0.1) is 0 Å². The Balaban J connectivity index is 2.23. The molecule has 2 aromatic carbocycles.